The molecule has 0 radical (unpaired) electrons. The molecule has 0 bridgehead atoms. The van der Waals surface area contributed by atoms with Gasteiger partial charge in [0.1, 0.15) is 6.54 Å². The van der Waals surface area contributed by atoms with Crippen LogP contribution < -0.4 is 10.9 Å². The minimum atomic E-state index is -0.227. The Morgan fingerprint density at radius 1 is 1.35 bits per heavy atom. The standard InChI is InChI=1S/C14H12BrIN2O2/c1-9-6-11(16)3-4-12(9)17-13(19)8-18-7-10(15)2-5-14(18)20/h2-7H,8H2,1H3,(H,17,19). The number of carbonyl (C=O) groups excluding carboxylic acids is 1. The molecule has 0 aliphatic heterocycles. The second-order valence-corrected chi connectivity index (χ2v) is 6.48. The second kappa shape index (κ2) is 6.53. The maximum Gasteiger partial charge on any atom is 0.251 e. The number of rotatable bonds is 3. The minimum Gasteiger partial charge on any atom is -0.324 e. The number of pyridine rings is 1. The quantitative estimate of drug-likeness (QED) is 0.736. The van der Waals surface area contributed by atoms with Crippen LogP contribution >= 0.6 is 38.5 Å². The van der Waals surface area contributed by atoms with Gasteiger partial charge in [-0.05, 0) is 75.3 Å². The van der Waals surface area contributed by atoms with E-state index in [-0.39, 0.29) is 18.0 Å². The zero-order chi connectivity index (χ0) is 14.7. The lowest BCUT2D eigenvalue weighted by atomic mass is 10.2. The van der Waals surface area contributed by atoms with Gasteiger partial charge in [0.25, 0.3) is 5.56 Å². The van der Waals surface area contributed by atoms with E-state index >= 15 is 0 Å². The molecule has 104 valence electrons. The third kappa shape index (κ3) is 3.92. The number of hydrogen-bond acceptors (Lipinski definition) is 2. The molecule has 1 aromatic heterocycles. The number of aryl methyl sites for hydroxylation is 1. The van der Waals surface area contributed by atoms with Crippen LogP contribution in [-0.2, 0) is 11.3 Å². The van der Waals surface area contributed by atoms with E-state index in [0.29, 0.717) is 0 Å². The monoisotopic (exact) mass is 446 g/mol. The fraction of sp³-hybridized carbons (Fsp3) is 0.143. The molecule has 0 unspecified atom stereocenters. The highest BCUT2D eigenvalue weighted by Gasteiger charge is 2.07. The number of benzene rings is 1. The molecular weight excluding hydrogens is 435 g/mol. The highest BCUT2D eigenvalue weighted by atomic mass is 127. The van der Waals surface area contributed by atoms with Gasteiger partial charge in [-0.15, -0.1) is 0 Å². The molecule has 1 aromatic carbocycles. The van der Waals surface area contributed by atoms with E-state index in [1.54, 1.807) is 12.3 Å². The Bertz CT molecular complexity index is 713. The van der Waals surface area contributed by atoms with Crippen LogP contribution in [-0.4, -0.2) is 10.5 Å². The van der Waals surface area contributed by atoms with Crippen LogP contribution in [0.4, 0.5) is 5.69 Å². The number of nitrogens with one attached hydrogen (secondary N) is 1. The highest BCUT2D eigenvalue weighted by Crippen LogP contribution is 2.17. The fourth-order valence-corrected chi connectivity index (χ4v) is 2.76. The molecule has 0 saturated carbocycles. The lowest BCUT2D eigenvalue weighted by molar-refractivity contribution is -0.116. The number of hydrogen-bond donors (Lipinski definition) is 1. The number of aromatic nitrogens is 1. The van der Waals surface area contributed by atoms with E-state index in [2.05, 4.69) is 43.8 Å². The van der Waals surface area contributed by atoms with Crippen LogP contribution in [0, 0.1) is 10.5 Å². The van der Waals surface area contributed by atoms with E-state index in [1.165, 1.54) is 10.6 Å². The predicted molar refractivity (Wildman–Crippen MR) is 90.9 cm³/mol. The Hall–Kier alpha value is -1.15. The normalized spacial score (nSPS) is 10.3. The molecule has 2 rings (SSSR count). The number of anilines is 1. The van der Waals surface area contributed by atoms with Crippen LogP contribution in [0.3, 0.4) is 0 Å². The van der Waals surface area contributed by atoms with Gasteiger partial charge in [-0.3, -0.25) is 9.59 Å². The van der Waals surface area contributed by atoms with Crippen molar-refractivity contribution < 1.29 is 4.79 Å². The number of carbonyl (C=O) groups is 1. The van der Waals surface area contributed by atoms with Crippen molar-refractivity contribution in [2.75, 3.05) is 5.32 Å². The van der Waals surface area contributed by atoms with E-state index in [0.717, 1.165) is 19.3 Å². The van der Waals surface area contributed by atoms with E-state index in [4.69, 9.17) is 0 Å². The molecule has 0 spiro atoms. The van der Waals surface area contributed by atoms with Crippen LogP contribution in [0.2, 0.25) is 0 Å². The lowest BCUT2D eigenvalue weighted by Gasteiger charge is -2.10. The first-order valence-electron chi connectivity index (χ1n) is 5.88. The van der Waals surface area contributed by atoms with E-state index in [1.807, 2.05) is 25.1 Å². The molecule has 0 aliphatic carbocycles. The molecule has 6 heteroatoms. The number of halogens is 2. The summed E-state index contributed by atoms with van der Waals surface area (Å²) in [6.07, 6.45) is 1.60. The van der Waals surface area contributed by atoms with Gasteiger partial charge in [0, 0.05) is 26.0 Å². The molecule has 0 aliphatic rings. The third-order valence-corrected chi connectivity index (χ3v) is 3.86. The Balaban J connectivity index is 2.13. The summed E-state index contributed by atoms with van der Waals surface area (Å²) in [5, 5.41) is 2.82. The van der Waals surface area contributed by atoms with Crippen molar-refractivity contribution >= 4 is 50.1 Å². The molecule has 0 fully saturated rings. The van der Waals surface area contributed by atoms with Crippen LogP contribution in [0.25, 0.3) is 0 Å². The average molecular weight is 447 g/mol. The van der Waals surface area contributed by atoms with E-state index < -0.39 is 0 Å². The van der Waals surface area contributed by atoms with Gasteiger partial charge in [0.2, 0.25) is 5.91 Å². The molecule has 2 aromatic rings. The number of nitrogens with zero attached hydrogens (tertiary/aromatic N) is 1. The third-order valence-electron chi connectivity index (χ3n) is 2.72. The summed E-state index contributed by atoms with van der Waals surface area (Å²) in [6.45, 7) is 1.92. The minimum absolute atomic E-state index is 0.0102. The summed E-state index contributed by atoms with van der Waals surface area (Å²) in [4.78, 5) is 23.6. The molecule has 1 N–H and O–H groups in total. The Morgan fingerprint density at radius 2 is 2.10 bits per heavy atom. The fourth-order valence-electron chi connectivity index (χ4n) is 1.74. The van der Waals surface area contributed by atoms with Gasteiger partial charge >= 0.3 is 0 Å². The molecular formula is C14H12BrIN2O2. The van der Waals surface area contributed by atoms with E-state index in [9.17, 15) is 9.59 Å². The molecule has 1 heterocycles. The lowest BCUT2D eigenvalue weighted by Crippen LogP contribution is -2.26. The summed E-state index contributed by atoms with van der Waals surface area (Å²) in [5.74, 6) is -0.227. The van der Waals surface area contributed by atoms with Gasteiger partial charge in [-0.1, -0.05) is 0 Å². The van der Waals surface area contributed by atoms with Crippen molar-refractivity contribution in [1.29, 1.82) is 0 Å². The molecule has 0 atom stereocenters. The van der Waals surface area contributed by atoms with Crippen molar-refractivity contribution in [2.24, 2.45) is 0 Å². The SMILES string of the molecule is Cc1cc(I)ccc1NC(=O)Cn1cc(Br)ccc1=O. The molecule has 20 heavy (non-hydrogen) atoms. The first kappa shape index (κ1) is 15.2. The summed E-state index contributed by atoms with van der Waals surface area (Å²) >= 11 is 5.50. The summed E-state index contributed by atoms with van der Waals surface area (Å²) in [6, 6.07) is 8.85. The zero-order valence-corrected chi connectivity index (χ0v) is 14.4. The van der Waals surface area contributed by atoms with Gasteiger partial charge in [-0.2, -0.15) is 0 Å². The summed E-state index contributed by atoms with van der Waals surface area (Å²) in [7, 11) is 0. The number of amides is 1. The Kier molecular flexibility index (Phi) is 4.98. The van der Waals surface area contributed by atoms with Crippen molar-refractivity contribution in [2.45, 2.75) is 13.5 Å². The van der Waals surface area contributed by atoms with Crippen molar-refractivity contribution in [1.82, 2.24) is 4.57 Å². The van der Waals surface area contributed by atoms with Crippen molar-refractivity contribution in [3.05, 3.63) is 60.5 Å². The molecule has 0 saturated heterocycles. The first-order chi connectivity index (χ1) is 9.45. The Labute approximate surface area is 138 Å². The highest BCUT2D eigenvalue weighted by molar-refractivity contribution is 14.1. The smallest absolute Gasteiger partial charge is 0.251 e. The maximum atomic E-state index is 12.0. The maximum absolute atomic E-state index is 12.0. The summed E-state index contributed by atoms with van der Waals surface area (Å²) in [5.41, 5.74) is 1.55. The van der Waals surface area contributed by atoms with Gasteiger partial charge in [-0.25, -0.2) is 0 Å². The van der Waals surface area contributed by atoms with Gasteiger partial charge < -0.3 is 9.88 Å². The van der Waals surface area contributed by atoms with Crippen molar-refractivity contribution in [3.63, 3.8) is 0 Å². The first-order valence-corrected chi connectivity index (χ1v) is 7.75. The molecule has 1 amide bonds. The van der Waals surface area contributed by atoms with Gasteiger partial charge in [0.05, 0.1) is 0 Å². The van der Waals surface area contributed by atoms with Crippen molar-refractivity contribution in [3.8, 4) is 0 Å². The topological polar surface area (TPSA) is 51.1 Å². The van der Waals surface area contributed by atoms with Crippen LogP contribution in [0.1, 0.15) is 5.56 Å². The molecule has 4 nitrogen and oxygen atoms in total. The average Bonchev–Trinajstić information content (AvgIpc) is 2.37. The Morgan fingerprint density at radius 3 is 2.80 bits per heavy atom. The van der Waals surface area contributed by atoms with Gasteiger partial charge in [0.15, 0.2) is 0 Å². The second-order valence-electron chi connectivity index (χ2n) is 4.32. The van der Waals surface area contributed by atoms with Crippen LogP contribution in [0.15, 0.2) is 45.8 Å². The predicted octanol–water partition coefficient (Wildman–Crippen LogP) is 3.16. The summed E-state index contributed by atoms with van der Waals surface area (Å²) < 4.78 is 3.23. The zero-order valence-electron chi connectivity index (χ0n) is 10.7. The largest absolute Gasteiger partial charge is 0.324 e. The van der Waals surface area contributed by atoms with Crippen LogP contribution in [0.5, 0.6) is 0 Å².